The molecule has 0 spiro atoms. The monoisotopic (exact) mass is 139 g/mol. The maximum Gasteiger partial charge on any atom is 0.352 e. The number of nitrogens with two attached hydrogens (primary N) is 1. The average molecular weight is 139 g/mol. The highest BCUT2D eigenvalue weighted by Gasteiger charge is 2.20. The predicted molar refractivity (Wildman–Crippen MR) is 30.2 cm³/mol. The van der Waals surface area contributed by atoms with Gasteiger partial charge in [0.05, 0.1) is 6.61 Å². The van der Waals surface area contributed by atoms with Crippen molar-refractivity contribution in [3.05, 3.63) is 0 Å². The summed E-state index contributed by atoms with van der Waals surface area (Å²) in [5.74, 6) is 0. The highest BCUT2D eigenvalue weighted by Crippen LogP contribution is 2.12. The van der Waals surface area contributed by atoms with Crippen molar-refractivity contribution in [2.45, 2.75) is 19.5 Å². The molecule has 0 atom stereocenters. The fourth-order valence-electron chi connectivity index (χ4n) is 0.335. The molecule has 0 heterocycles. The van der Waals surface area contributed by atoms with Crippen molar-refractivity contribution in [2.24, 2.45) is 5.73 Å². The maximum absolute atomic E-state index is 11.8. The van der Waals surface area contributed by atoms with Crippen LogP contribution in [0.25, 0.3) is 0 Å². The SMILES string of the molecule is CC(F)(F)OCCCN. The third-order valence-corrected chi connectivity index (χ3v) is 0.704. The lowest BCUT2D eigenvalue weighted by molar-refractivity contribution is -0.223. The Labute approximate surface area is 53.0 Å². The molecular formula is C5H11F2NO. The van der Waals surface area contributed by atoms with Gasteiger partial charge in [0.1, 0.15) is 0 Å². The molecule has 0 aliphatic heterocycles. The minimum atomic E-state index is -3.00. The molecule has 0 aromatic heterocycles. The van der Waals surface area contributed by atoms with Crippen LogP contribution in [0, 0.1) is 0 Å². The summed E-state index contributed by atoms with van der Waals surface area (Å²) in [5.41, 5.74) is 5.03. The van der Waals surface area contributed by atoms with Gasteiger partial charge in [0.15, 0.2) is 0 Å². The first-order chi connectivity index (χ1) is 4.06. The van der Waals surface area contributed by atoms with E-state index in [1.54, 1.807) is 0 Å². The molecule has 0 saturated carbocycles. The molecule has 0 saturated heterocycles. The van der Waals surface area contributed by atoms with Crippen LogP contribution in [0.15, 0.2) is 0 Å². The summed E-state index contributed by atoms with van der Waals surface area (Å²) in [6.07, 6.45) is -2.53. The quantitative estimate of drug-likeness (QED) is 0.589. The van der Waals surface area contributed by atoms with E-state index in [-0.39, 0.29) is 6.61 Å². The van der Waals surface area contributed by atoms with Gasteiger partial charge in [0.2, 0.25) is 0 Å². The van der Waals surface area contributed by atoms with Crippen LogP contribution < -0.4 is 5.73 Å². The predicted octanol–water partition coefficient (Wildman–Crippen LogP) is 0.965. The fraction of sp³-hybridized carbons (Fsp3) is 1.00. The van der Waals surface area contributed by atoms with Crippen LogP contribution in [0.5, 0.6) is 0 Å². The van der Waals surface area contributed by atoms with Gasteiger partial charge in [-0.25, -0.2) is 0 Å². The normalized spacial score (nSPS) is 12.0. The lowest BCUT2D eigenvalue weighted by Crippen LogP contribution is -2.17. The third-order valence-electron chi connectivity index (χ3n) is 0.704. The molecule has 2 nitrogen and oxygen atoms in total. The number of hydrogen-bond acceptors (Lipinski definition) is 2. The van der Waals surface area contributed by atoms with E-state index in [0.29, 0.717) is 19.9 Å². The maximum atomic E-state index is 11.8. The van der Waals surface area contributed by atoms with Crippen molar-refractivity contribution in [1.29, 1.82) is 0 Å². The van der Waals surface area contributed by atoms with Gasteiger partial charge in [0, 0.05) is 6.92 Å². The third kappa shape index (κ3) is 7.78. The lowest BCUT2D eigenvalue weighted by Gasteiger charge is -2.09. The Morgan fingerprint density at radius 2 is 2.11 bits per heavy atom. The number of ether oxygens (including phenoxy) is 1. The summed E-state index contributed by atoms with van der Waals surface area (Å²) in [7, 11) is 0. The molecule has 0 radical (unpaired) electrons. The number of rotatable bonds is 4. The Morgan fingerprint density at radius 1 is 1.56 bits per heavy atom. The largest absolute Gasteiger partial charge is 0.352 e. The molecule has 9 heavy (non-hydrogen) atoms. The molecule has 0 aromatic carbocycles. The van der Waals surface area contributed by atoms with Crippen LogP contribution >= 0.6 is 0 Å². The van der Waals surface area contributed by atoms with E-state index >= 15 is 0 Å². The van der Waals surface area contributed by atoms with Crippen molar-refractivity contribution in [1.82, 2.24) is 0 Å². The van der Waals surface area contributed by atoms with E-state index < -0.39 is 6.11 Å². The average Bonchev–Trinajstić information content (AvgIpc) is 1.63. The Hall–Kier alpha value is -0.220. The summed E-state index contributed by atoms with van der Waals surface area (Å²) < 4.78 is 27.6. The zero-order valence-corrected chi connectivity index (χ0v) is 5.36. The summed E-state index contributed by atoms with van der Waals surface area (Å²) >= 11 is 0. The van der Waals surface area contributed by atoms with Gasteiger partial charge in [-0.1, -0.05) is 0 Å². The van der Waals surface area contributed by atoms with Gasteiger partial charge in [0.25, 0.3) is 0 Å². The molecule has 0 aromatic rings. The Kier molecular flexibility index (Phi) is 3.65. The number of alkyl halides is 2. The molecule has 0 aliphatic carbocycles. The van der Waals surface area contributed by atoms with Crippen LogP contribution in [-0.2, 0) is 4.74 Å². The minimum absolute atomic E-state index is 0.0278. The fourth-order valence-corrected chi connectivity index (χ4v) is 0.335. The minimum Gasteiger partial charge on any atom is -0.330 e. The van der Waals surface area contributed by atoms with Crippen molar-refractivity contribution in [3.63, 3.8) is 0 Å². The van der Waals surface area contributed by atoms with E-state index in [9.17, 15) is 8.78 Å². The first-order valence-corrected chi connectivity index (χ1v) is 2.78. The summed E-state index contributed by atoms with van der Waals surface area (Å²) in [5, 5.41) is 0. The molecule has 0 amide bonds. The molecule has 56 valence electrons. The zero-order chi connectivity index (χ0) is 7.33. The number of hydrogen-bond donors (Lipinski definition) is 1. The van der Waals surface area contributed by atoms with Gasteiger partial charge in [-0.05, 0) is 13.0 Å². The van der Waals surface area contributed by atoms with Crippen LogP contribution in [0.2, 0.25) is 0 Å². The van der Waals surface area contributed by atoms with E-state index in [4.69, 9.17) is 5.73 Å². The van der Waals surface area contributed by atoms with Crippen molar-refractivity contribution >= 4 is 0 Å². The molecule has 0 unspecified atom stereocenters. The summed E-state index contributed by atoms with van der Waals surface area (Å²) in [6, 6.07) is 0. The second-order valence-electron chi connectivity index (χ2n) is 1.80. The van der Waals surface area contributed by atoms with Crippen molar-refractivity contribution in [2.75, 3.05) is 13.2 Å². The van der Waals surface area contributed by atoms with Gasteiger partial charge in [-0.2, -0.15) is 8.78 Å². The van der Waals surface area contributed by atoms with Crippen molar-refractivity contribution in [3.8, 4) is 0 Å². The van der Waals surface area contributed by atoms with Gasteiger partial charge >= 0.3 is 6.11 Å². The molecule has 2 N–H and O–H groups in total. The van der Waals surface area contributed by atoms with E-state index in [1.165, 1.54) is 0 Å². The molecule has 0 aliphatic rings. The Bertz CT molecular complexity index is 71.8. The molecule has 4 heteroatoms. The number of halogens is 2. The van der Waals surface area contributed by atoms with Gasteiger partial charge in [-0.3, -0.25) is 0 Å². The first-order valence-electron chi connectivity index (χ1n) is 2.78. The summed E-state index contributed by atoms with van der Waals surface area (Å²) in [4.78, 5) is 0. The van der Waals surface area contributed by atoms with Gasteiger partial charge in [-0.15, -0.1) is 0 Å². The van der Waals surface area contributed by atoms with Crippen LogP contribution in [-0.4, -0.2) is 19.3 Å². The first kappa shape index (κ1) is 8.78. The standard InChI is InChI=1S/C5H11F2NO/c1-5(6,7)9-4-2-3-8/h2-4,8H2,1H3. The second kappa shape index (κ2) is 3.74. The molecule has 0 bridgehead atoms. The smallest absolute Gasteiger partial charge is 0.330 e. The van der Waals surface area contributed by atoms with E-state index in [0.717, 1.165) is 0 Å². The molecule has 0 fully saturated rings. The Balaban J connectivity index is 3.07. The zero-order valence-electron chi connectivity index (χ0n) is 5.36. The second-order valence-corrected chi connectivity index (χ2v) is 1.80. The molecule has 0 rings (SSSR count). The topological polar surface area (TPSA) is 35.2 Å². The summed E-state index contributed by atoms with van der Waals surface area (Å²) in [6.45, 7) is 1.12. The van der Waals surface area contributed by atoms with Crippen molar-refractivity contribution < 1.29 is 13.5 Å². The van der Waals surface area contributed by atoms with Gasteiger partial charge < -0.3 is 10.5 Å². The van der Waals surface area contributed by atoms with Crippen LogP contribution in [0.4, 0.5) is 8.78 Å². The lowest BCUT2D eigenvalue weighted by atomic mass is 10.5. The molecular weight excluding hydrogens is 128 g/mol. The highest BCUT2D eigenvalue weighted by molar-refractivity contribution is 4.40. The Morgan fingerprint density at radius 3 is 2.44 bits per heavy atom. The van der Waals surface area contributed by atoms with E-state index in [2.05, 4.69) is 4.74 Å². The van der Waals surface area contributed by atoms with Crippen LogP contribution in [0.3, 0.4) is 0 Å². The van der Waals surface area contributed by atoms with Crippen LogP contribution in [0.1, 0.15) is 13.3 Å². The highest BCUT2D eigenvalue weighted by atomic mass is 19.3. The van der Waals surface area contributed by atoms with E-state index in [1.807, 2.05) is 0 Å².